The number of rotatable bonds is 10. The van der Waals surface area contributed by atoms with Crippen molar-refractivity contribution in [3.8, 4) is 5.75 Å². The maximum Gasteiger partial charge on any atom is 0.191 e. The molecule has 0 heterocycles. The maximum atomic E-state index is 5.42. The molecule has 1 aromatic rings. The van der Waals surface area contributed by atoms with Gasteiger partial charge in [-0.25, -0.2) is 0 Å². The van der Waals surface area contributed by atoms with Crippen LogP contribution in [0.25, 0.3) is 0 Å². The molecule has 0 saturated heterocycles. The predicted molar refractivity (Wildman–Crippen MR) is 109 cm³/mol. The minimum atomic E-state index is 0. The van der Waals surface area contributed by atoms with E-state index in [1.54, 1.807) is 21.3 Å². The minimum Gasteiger partial charge on any atom is -0.496 e. The van der Waals surface area contributed by atoms with Crippen LogP contribution in [0.5, 0.6) is 5.75 Å². The fourth-order valence-electron chi connectivity index (χ4n) is 2.02. The second kappa shape index (κ2) is 14.3. The molecule has 0 aliphatic rings. The van der Waals surface area contributed by atoms with E-state index in [1.807, 2.05) is 6.07 Å². The van der Waals surface area contributed by atoms with Crippen molar-refractivity contribution in [1.29, 1.82) is 0 Å². The lowest BCUT2D eigenvalue weighted by Gasteiger charge is -2.14. The van der Waals surface area contributed by atoms with Gasteiger partial charge in [-0.1, -0.05) is 12.1 Å². The van der Waals surface area contributed by atoms with Crippen molar-refractivity contribution in [1.82, 2.24) is 10.6 Å². The number of benzene rings is 1. The van der Waals surface area contributed by atoms with Gasteiger partial charge < -0.3 is 24.8 Å². The van der Waals surface area contributed by atoms with Crippen molar-refractivity contribution in [2.24, 2.45) is 4.99 Å². The third-order valence-corrected chi connectivity index (χ3v) is 3.30. The molecule has 0 saturated carbocycles. The summed E-state index contributed by atoms with van der Waals surface area (Å²) in [5.41, 5.74) is 2.28. The van der Waals surface area contributed by atoms with Crippen LogP contribution in [0.4, 0.5) is 0 Å². The van der Waals surface area contributed by atoms with Gasteiger partial charge in [-0.15, -0.1) is 24.0 Å². The van der Waals surface area contributed by atoms with Crippen LogP contribution in [-0.4, -0.2) is 53.6 Å². The molecule has 0 spiro atoms. The molecule has 0 radical (unpaired) electrons. The van der Waals surface area contributed by atoms with E-state index in [-0.39, 0.29) is 24.0 Å². The fourth-order valence-corrected chi connectivity index (χ4v) is 2.02. The Kier molecular flexibility index (Phi) is 13.7. The average Bonchev–Trinajstić information content (AvgIpc) is 2.57. The maximum absolute atomic E-state index is 5.42. The first kappa shape index (κ1) is 22.9. The average molecular weight is 451 g/mol. The van der Waals surface area contributed by atoms with E-state index in [0.29, 0.717) is 26.4 Å². The molecule has 1 rings (SSSR count). The summed E-state index contributed by atoms with van der Waals surface area (Å²) >= 11 is 0. The summed E-state index contributed by atoms with van der Waals surface area (Å²) in [6.07, 6.45) is 0.915. The Labute approximate surface area is 162 Å². The number of halogens is 1. The monoisotopic (exact) mass is 451 g/mol. The van der Waals surface area contributed by atoms with Crippen LogP contribution in [0.1, 0.15) is 17.5 Å². The van der Waals surface area contributed by atoms with E-state index in [4.69, 9.17) is 14.2 Å². The zero-order valence-electron chi connectivity index (χ0n) is 15.1. The van der Waals surface area contributed by atoms with Crippen LogP contribution in [0.2, 0.25) is 0 Å². The topological polar surface area (TPSA) is 64.1 Å². The third kappa shape index (κ3) is 9.29. The molecule has 0 unspecified atom stereocenters. The first-order valence-corrected chi connectivity index (χ1v) is 7.86. The Bertz CT molecular complexity index is 484. The van der Waals surface area contributed by atoms with Crippen LogP contribution >= 0.6 is 24.0 Å². The lowest BCUT2D eigenvalue weighted by molar-refractivity contribution is 0.0698. The molecule has 0 bridgehead atoms. The van der Waals surface area contributed by atoms with Gasteiger partial charge in [-0.3, -0.25) is 4.99 Å². The van der Waals surface area contributed by atoms with Gasteiger partial charge in [-0.2, -0.15) is 0 Å². The van der Waals surface area contributed by atoms with Crippen LogP contribution < -0.4 is 15.4 Å². The molecule has 0 aliphatic heterocycles. The Balaban J connectivity index is 0.00000529. The first-order valence-electron chi connectivity index (χ1n) is 7.86. The van der Waals surface area contributed by atoms with Gasteiger partial charge in [0.15, 0.2) is 5.96 Å². The van der Waals surface area contributed by atoms with Crippen molar-refractivity contribution < 1.29 is 14.2 Å². The van der Waals surface area contributed by atoms with Crippen molar-refractivity contribution in [3.05, 3.63) is 29.3 Å². The summed E-state index contributed by atoms with van der Waals surface area (Å²) in [6.45, 7) is 5.49. The van der Waals surface area contributed by atoms with Gasteiger partial charge in [0.1, 0.15) is 5.75 Å². The van der Waals surface area contributed by atoms with Crippen molar-refractivity contribution >= 4 is 29.9 Å². The van der Waals surface area contributed by atoms with Crippen LogP contribution in [0.15, 0.2) is 23.2 Å². The molecule has 0 aliphatic carbocycles. The fraction of sp³-hybridized carbons (Fsp3) is 0.588. The number of methoxy groups -OCH3 is 2. The molecule has 0 fully saturated rings. The van der Waals surface area contributed by atoms with E-state index < -0.39 is 0 Å². The number of hydrogen-bond acceptors (Lipinski definition) is 4. The molecule has 2 N–H and O–H groups in total. The number of aryl methyl sites for hydroxylation is 1. The summed E-state index contributed by atoms with van der Waals surface area (Å²) in [7, 11) is 5.12. The lowest BCUT2D eigenvalue weighted by atomic mass is 10.1. The van der Waals surface area contributed by atoms with Crippen molar-refractivity contribution in [3.63, 3.8) is 0 Å². The summed E-state index contributed by atoms with van der Waals surface area (Å²) in [5, 5.41) is 6.56. The molecular formula is C17H30IN3O3. The number of guanidine groups is 1. The Morgan fingerprint density at radius 1 is 1.12 bits per heavy atom. The molecule has 0 atom stereocenters. The van der Waals surface area contributed by atoms with Gasteiger partial charge in [0.25, 0.3) is 0 Å². The predicted octanol–water partition coefficient (Wildman–Crippen LogP) is 2.34. The molecule has 1 aromatic carbocycles. The molecule has 6 nitrogen and oxygen atoms in total. The van der Waals surface area contributed by atoms with Crippen molar-refractivity contribution in [2.45, 2.75) is 19.9 Å². The molecular weight excluding hydrogens is 421 g/mol. The Hall–Kier alpha value is -1.06. The molecule has 7 heteroatoms. The van der Waals surface area contributed by atoms with Gasteiger partial charge in [-0.05, 0) is 25.0 Å². The summed E-state index contributed by atoms with van der Waals surface area (Å²) in [5.74, 6) is 1.66. The van der Waals surface area contributed by atoms with Crippen LogP contribution in [0.3, 0.4) is 0 Å². The standard InChI is InChI=1S/C17H29N3O3.HI/c1-14-6-7-15(16(12-14)22-4)13-20-17(18-2)19-8-5-9-23-11-10-21-3;/h6-7,12H,5,8-11,13H2,1-4H3,(H2,18,19,20);1H. The molecule has 0 amide bonds. The highest BCUT2D eigenvalue weighted by Gasteiger charge is 2.04. The van der Waals surface area contributed by atoms with E-state index in [9.17, 15) is 0 Å². The van der Waals surface area contributed by atoms with E-state index in [0.717, 1.165) is 30.2 Å². The lowest BCUT2D eigenvalue weighted by Crippen LogP contribution is -2.37. The zero-order chi connectivity index (χ0) is 16.9. The van der Waals surface area contributed by atoms with E-state index in [1.165, 1.54) is 5.56 Å². The van der Waals surface area contributed by atoms with Crippen LogP contribution in [0, 0.1) is 6.92 Å². The van der Waals surface area contributed by atoms with Gasteiger partial charge in [0, 0.05) is 39.4 Å². The summed E-state index contributed by atoms with van der Waals surface area (Å²) in [4.78, 5) is 4.22. The molecule has 24 heavy (non-hydrogen) atoms. The highest BCUT2D eigenvalue weighted by atomic mass is 127. The number of ether oxygens (including phenoxy) is 3. The van der Waals surface area contributed by atoms with Gasteiger partial charge in [0.05, 0.1) is 20.3 Å². The highest BCUT2D eigenvalue weighted by molar-refractivity contribution is 14.0. The number of nitrogens with one attached hydrogen (secondary N) is 2. The normalized spacial score (nSPS) is 10.9. The Morgan fingerprint density at radius 2 is 1.92 bits per heavy atom. The van der Waals surface area contributed by atoms with E-state index in [2.05, 4.69) is 34.7 Å². The van der Waals surface area contributed by atoms with Gasteiger partial charge >= 0.3 is 0 Å². The van der Waals surface area contributed by atoms with Crippen LogP contribution in [-0.2, 0) is 16.0 Å². The largest absolute Gasteiger partial charge is 0.496 e. The summed E-state index contributed by atoms with van der Waals surface area (Å²) < 4.78 is 15.8. The smallest absolute Gasteiger partial charge is 0.191 e. The first-order chi connectivity index (χ1) is 11.2. The Morgan fingerprint density at radius 3 is 2.58 bits per heavy atom. The zero-order valence-corrected chi connectivity index (χ0v) is 17.4. The SMILES string of the molecule is CN=C(NCCCOCCOC)NCc1ccc(C)cc1OC.I. The van der Waals surface area contributed by atoms with Crippen molar-refractivity contribution in [2.75, 3.05) is 47.6 Å². The minimum absolute atomic E-state index is 0. The number of hydrogen-bond donors (Lipinski definition) is 2. The summed E-state index contributed by atoms with van der Waals surface area (Å²) in [6, 6.07) is 6.18. The third-order valence-electron chi connectivity index (χ3n) is 3.30. The van der Waals surface area contributed by atoms with E-state index >= 15 is 0 Å². The quantitative estimate of drug-likeness (QED) is 0.248. The molecule has 138 valence electrons. The molecule has 0 aromatic heterocycles. The number of aliphatic imine (C=N–C) groups is 1. The number of nitrogens with zero attached hydrogens (tertiary/aromatic N) is 1. The highest BCUT2D eigenvalue weighted by Crippen LogP contribution is 2.19. The second-order valence-electron chi connectivity index (χ2n) is 5.13. The van der Waals surface area contributed by atoms with Gasteiger partial charge in [0.2, 0.25) is 0 Å². The second-order valence-corrected chi connectivity index (χ2v) is 5.13.